The zero-order valence-corrected chi connectivity index (χ0v) is 18.7. The number of hydrogen-bond donors (Lipinski definition) is 1. The number of carbonyl (C=O) groups is 1. The predicted molar refractivity (Wildman–Crippen MR) is 123 cm³/mol. The van der Waals surface area contributed by atoms with Gasteiger partial charge in [-0.3, -0.25) is 19.5 Å². The number of hydrogen-bond acceptors (Lipinski definition) is 6. The highest BCUT2D eigenvalue weighted by atomic mass is 16.5. The van der Waals surface area contributed by atoms with E-state index in [9.17, 15) is 9.59 Å². The third kappa shape index (κ3) is 4.52. The van der Waals surface area contributed by atoms with Gasteiger partial charge < -0.3 is 14.6 Å². The standard InChI is InChI=1S/C25H27N5O3/c1-33-20-6-4-17(5-7-20)14-29-11-9-21-22(16-29)27-23(28-24(21)31)19-8-12-30(15-19)25(32)18-3-2-10-26-13-18/h2-7,10,13,19H,8-9,11-12,14-16H2,1H3,(H,27,28,31). The number of benzene rings is 1. The highest BCUT2D eigenvalue weighted by Gasteiger charge is 2.31. The SMILES string of the molecule is COc1ccc(CN2CCc3c(nc(C4CCN(C(=O)c5cccnc5)C4)[nH]c3=O)C2)cc1. The molecule has 1 unspecified atom stereocenters. The van der Waals surface area contributed by atoms with E-state index in [2.05, 4.69) is 27.0 Å². The molecular weight excluding hydrogens is 418 g/mol. The molecule has 1 fully saturated rings. The summed E-state index contributed by atoms with van der Waals surface area (Å²) >= 11 is 0. The smallest absolute Gasteiger partial charge is 0.255 e. The second-order valence-electron chi connectivity index (χ2n) is 8.66. The topological polar surface area (TPSA) is 91.4 Å². The van der Waals surface area contributed by atoms with Crippen LogP contribution >= 0.6 is 0 Å². The lowest BCUT2D eigenvalue weighted by atomic mass is 10.0. The Hall–Kier alpha value is -3.52. The van der Waals surface area contributed by atoms with E-state index in [-0.39, 0.29) is 17.4 Å². The first-order valence-electron chi connectivity index (χ1n) is 11.3. The average Bonchev–Trinajstić information content (AvgIpc) is 3.35. The summed E-state index contributed by atoms with van der Waals surface area (Å²) in [6.07, 6.45) is 4.71. The molecule has 4 heterocycles. The molecule has 0 spiro atoms. The van der Waals surface area contributed by atoms with Crippen LogP contribution in [-0.4, -0.2) is 57.4 Å². The van der Waals surface area contributed by atoms with Crippen molar-refractivity contribution in [2.75, 3.05) is 26.7 Å². The van der Waals surface area contributed by atoms with Crippen molar-refractivity contribution < 1.29 is 9.53 Å². The van der Waals surface area contributed by atoms with Crippen LogP contribution in [0, 0.1) is 0 Å². The van der Waals surface area contributed by atoms with Gasteiger partial charge in [-0.2, -0.15) is 0 Å². The first-order chi connectivity index (χ1) is 16.1. The van der Waals surface area contributed by atoms with E-state index < -0.39 is 0 Å². The fourth-order valence-corrected chi connectivity index (χ4v) is 4.67. The van der Waals surface area contributed by atoms with Gasteiger partial charge in [0.25, 0.3) is 11.5 Å². The van der Waals surface area contributed by atoms with Crippen LogP contribution < -0.4 is 10.3 Å². The van der Waals surface area contributed by atoms with Crippen molar-refractivity contribution in [3.63, 3.8) is 0 Å². The van der Waals surface area contributed by atoms with Crippen molar-refractivity contribution >= 4 is 5.91 Å². The third-order valence-corrected chi connectivity index (χ3v) is 6.51. The molecule has 2 aromatic heterocycles. The van der Waals surface area contributed by atoms with E-state index in [0.717, 1.165) is 36.5 Å². The summed E-state index contributed by atoms with van der Waals surface area (Å²) in [7, 11) is 1.66. The first-order valence-corrected chi connectivity index (χ1v) is 11.3. The van der Waals surface area contributed by atoms with Gasteiger partial charge in [-0.25, -0.2) is 4.98 Å². The van der Waals surface area contributed by atoms with E-state index in [1.807, 2.05) is 17.0 Å². The van der Waals surface area contributed by atoms with Crippen molar-refractivity contribution in [1.29, 1.82) is 0 Å². The van der Waals surface area contributed by atoms with E-state index in [1.165, 1.54) is 5.56 Å². The molecule has 5 rings (SSSR count). The van der Waals surface area contributed by atoms with Crippen LogP contribution in [0.2, 0.25) is 0 Å². The normalized spacial score (nSPS) is 18.2. The molecular formula is C25H27N5O3. The molecule has 0 aliphatic carbocycles. The van der Waals surface area contributed by atoms with Gasteiger partial charge in [-0.15, -0.1) is 0 Å². The highest BCUT2D eigenvalue weighted by Crippen LogP contribution is 2.27. The number of pyridine rings is 1. The maximum Gasteiger partial charge on any atom is 0.255 e. The number of likely N-dealkylation sites (tertiary alicyclic amines) is 1. The highest BCUT2D eigenvalue weighted by molar-refractivity contribution is 5.94. The maximum absolute atomic E-state index is 12.8. The summed E-state index contributed by atoms with van der Waals surface area (Å²) in [6, 6.07) is 11.6. The number of fused-ring (bicyclic) bond motifs is 1. The number of carbonyl (C=O) groups excluding carboxylic acids is 1. The Morgan fingerprint density at radius 1 is 1.21 bits per heavy atom. The van der Waals surface area contributed by atoms with Gasteiger partial charge in [0.15, 0.2) is 0 Å². The third-order valence-electron chi connectivity index (χ3n) is 6.51. The minimum Gasteiger partial charge on any atom is -0.497 e. The molecule has 33 heavy (non-hydrogen) atoms. The lowest BCUT2D eigenvalue weighted by Crippen LogP contribution is -2.36. The molecule has 0 radical (unpaired) electrons. The van der Waals surface area contributed by atoms with Gasteiger partial charge in [0.1, 0.15) is 11.6 Å². The summed E-state index contributed by atoms with van der Waals surface area (Å²) < 4.78 is 5.24. The lowest BCUT2D eigenvalue weighted by molar-refractivity contribution is 0.0790. The fraction of sp³-hybridized carbons (Fsp3) is 0.360. The number of nitrogens with zero attached hydrogens (tertiary/aromatic N) is 4. The van der Waals surface area contributed by atoms with Gasteiger partial charge in [0.05, 0.1) is 18.4 Å². The number of ether oxygens (including phenoxy) is 1. The predicted octanol–water partition coefficient (Wildman–Crippen LogP) is 2.36. The number of methoxy groups -OCH3 is 1. The Balaban J connectivity index is 1.29. The summed E-state index contributed by atoms with van der Waals surface area (Å²) in [5.41, 5.74) is 3.37. The zero-order chi connectivity index (χ0) is 22.8. The van der Waals surface area contributed by atoms with Crippen LogP contribution in [0.3, 0.4) is 0 Å². The van der Waals surface area contributed by atoms with Crippen molar-refractivity contribution in [2.45, 2.75) is 31.8 Å². The number of amides is 1. The Morgan fingerprint density at radius 3 is 2.82 bits per heavy atom. The van der Waals surface area contributed by atoms with Crippen LogP contribution in [0.5, 0.6) is 5.75 Å². The number of H-pyrrole nitrogens is 1. The molecule has 2 aliphatic heterocycles. The monoisotopic (exact) mass is 445 g/mol. The lowest BCUT2D eigenvalue weighted by Gasteiger charge is -2.28. The number of aromatic amines is 1. The van der Waals surface area contributed by atoms with Crippen molar-refractivity contribution in [2.24, 2.45) is 0 Å². The second kappa shape index (κ2) is 9.15. The molecule has 0 saturated carbocycles. The molecule has 1 N–H and O–H groups in total. The number of aromatic nitrogens is 3. The number of nitrogens with one attached hydrogen (secondary N) is 1. The van der Waals surface area contributed by atoms with Gasteiger partial charge in [-0.1, -0.05) is 12.1 Å². The first kappa shape index (κ1) is 21.3. The molecule has 1 atom stereocenters. The summed E-state index contributed by atoms with van der Waals surface area (Å²) in [5.74, 6) is 1.52. The summed E-state index contributed by atoms with van der Waals surface area (Å²) in [4.78, 5) is 41.6. The fourth-order valence-electron chi connectivity index (χ4n) is 4.67. The molecule has 8 heteroatoms. The zero-order valence-electron chi connectivity index (χ0n) is 18.7. The molecule has 170 valence electrons. The minimum absolute atomic E-state index is 0.0283. The quantitative estimate of drug-likeness (QED) is 0.648. The van der Waals surface area contributed by atoms with E-state index in [4.69, 9.17) is 9.72 Å². The van der Waals surface area contributed by atoms with Crippen molar-refractivity contribution in [3.05, 3.63) is 87.4 Å². The van der Waals surface area contributed by atoms with E-state index >= 15 is 0 Å². The minimum atomic E-state index is -0.0452. The molecule has 8 nitrogen and oxygen atoms in total. The average molecular weight is 446 g/mol. The number of rotatable bonds is 5. The molecule has 2 aliphatic rings. The summed E-state index contributed by atoms with van der Waals surface area (Å²) in [6.45, 7) is 3.45. The molecule has 1 aromatic carbocycles. The molecule has 0 bridgehead atoms. The van der Waals surface area contributed by atoms with Gasteiger partial charge in [-0.05, 0) is 42.7 Å². The van der Waals surface area contributed by atoms with Gasteiger partial charge in [0.2, 0.25) is 0 Å². The van der Waals surface area contributed by atoms with Gasteiger partial charge >= 0.3 is 0 Å². The Labute approximate surface area is 192 Å². The van der Waals surface area contributed by atoms with Crippen LogP contribution in [0.1, 0.15) is 45.3 Å². The Morgan fingerprint density at radius 2 is 2.06 bits per heavy atom. The van der Waals surface area contributed by atoms with Crippen LogP contribution in [0.15, 0.2) is 53.6 Å². The van der Waals surface area contributed by atoms with Crippen LogP contribution in [0.4, 0.5) is 0 Å². The van der Waals surface area contributed by atoms with Crippen LogP contribution in [0.25, 0.3) is 0 Å². The Kier molecular flexibility index (Phi) is 5.92. The maximum atomic E-state index is 12.8. The van der Waals surface area contributed by atoms with Crippen molar-refractivity contribution in [1.82, 2.24) is 24.8 Å². The van der Waals surface area contributed by atoms with E-state index in [1.54, 1.807) is 31.6 Å². The Bertz CT molecular complexity index is 1190. The second-order valence-corrected chi connectivity index (χ2v) is 8.66. The molecule has 1 amide bonds. The summed E-state index contributed by atoms with van der Waals surface area (Å²) in [5, 5.41) is 0. The molecule has 3 aromatic rings. The van der Waals surface area contributed by atoms with Gasteiger partial charge in [0, 0.05) is 56.6 Å². The van der Waals surface area contributed by atoms with E-state index in [0.29, 0.717) is 37.4 Å². The van der Waals surface area contributed by atoms with Crippen molar-refractivity contribution in [3.8, 4) is 5.75 Å². The van der Waals surface area contributed by atoms with Crippen LogP contribution in [-0.2, 0) is 19.5 Å². The largest absolute Gasteiger partial charge is 0.497 e. The molecule has 1 saturated heterocycles.